The topological polar surface area (TPSA) is 26.0 Å². The van der Waals surface area contributed by atoms with Crippen molar-refractivity contribution in [1.29, 1.82) is 0 Å². The number of fused-ring (bicyclic) bond motifs is 1. The number of hydrogen-bond donors (Lipinski definition) is 1. The van der Waals surface area contributed by atoms with Gasteiger partial charge in [-0.25, -0.2) is 0 Å². The lowest BCUT2D eigenvalue weighted by Gasteiger charge is -2.39. The molecule has 0 aromatic heterocycles. The maximum Gasteiger partial charge on any atom is 0.0454 e. The van der Waals surface area contributed by atoms with Gasteiger partial charge in [0.05, 0.1) is 0 Å². The van der Waals surface area contributed by atoms with Gasteiger partial charge < -0.3 is 5.73 Å². The zero-order valence-electron chi connectivity index (χ0n) is 12.1. The molecule has 0 saturated heterocycles. The van der Waals surface area contributed by atoms with Crippen molar-refractivity contribution in [2.24, 2.45) is 5.73 Å². The van der Waals surface area contributed by atoms with Gasteiger partial charge in [0.15, 0.2) is 0 Å². The molecule has 0 amide bonds. The first-order valence-electron chi connectivity index (χ1n) is 7.32. The summed E-state index contributed by atoms with van der Waals surface area (Å²) in [6.07, 6.45) is 2.72. The molecule has 1 nitrogen and oxygen atoms in total. The molecule has 2 N–H and O–H groups in total. The van der Waals surface area contributed by atoms with Gasteiger partial charge in [-0.2, -0.15) is 0 Å². The molecule has 0 fully saturated rings. The van der Waals surface area contributed by atoms with Crippen molar-refractivity contribution < 1.29 is 0 Å². The van der Waals surface area contributed by atoms with Crippen LogP contribution >= 0.6 is 23.2 Å². The average Bonchev–Trinajstić information content (AvgIpc) is 2.48. The monoisotopic (exact) mass is 319 g/mol. The van der Waals surface area contributed by atoms with Crippen LogP contribution in [0.25, 0.3) is 0 Å². The van der Waals surface area contributed by atoms with Crippen LogP contribution in [-0.2, 0) is 12.0 Å². The van der Waals surface area contributed by atoms with Crippen LogP contribution in [0.4, 0.5) is 0 Å². The Morgan fingerprint density at radius 3 is 2.48 bits per heavy atom. The maximum atomic E-state index is 6.79. The third kappa shape index (κ3) is 2.70. The van der Waals surface area contributed by atoms with Crippen LogP contribution in [0.5, 0.6) is 0 Å². The molecule has 3 rings (SSSR count). The maximum absolute atomic E-state index is 6.79. The normalized spacial score (nSPS) is 24.7. The summed E-state index contributed by atoms with van der Waals surface area (Å²) in [6.45, 7) is 2.26. The molecule has 1 aliphatic carbocycles. The van der Waals surface area contributed by atoms with E-state index in [-0.39, 0.29) is 0 Å². The predicted molar refractivity (Wildman–Crippen MR) is 90.1 cm³/mol. The highest BCUT2D eigenvalue weighted by Crippen LogP contribution is 2.43. The minimum absolute atomic E-state index is 0.391. The smallest absolute Gasteiger partial charge is 0.0454 e. The van der Waals surface area contributed by atoms with Crippen molar-refractivity contribution in [3.63, 3.8) is 0 Å². The molecule has 0 heterocycles. The Morgan fingerprint density at radius 1 is 1.10 bits per heavy atom. The first-order valence-corrected chi connectivity index (χ1v) is 8.08. The van der Waals surface area contributed by atoms with E-state index >= 15 is 0 Å². The molecule has 3 heteroatoms. The van der Waals surface area contributed by atoms with Gasteiger partial charge in [0.1, 0.15) is 0 Å². The summed E-state index contributed by atoms with van der Waals surface area (Å²) in [5, 5.41) is 1.40. The van der Waals surface area contributed by atoms with Crippen LogP contribution in [0, 0.1) is 0 Å². The van der Waals surface area contributed by atoms with Crippen molar-refractivity contribution in [2.45, 2.75) is 37.6 Å². The molecule has 2 aromatic carbocycles. The lowest BCUT2D eigenvalue weighted by molar-refractivity contribution is 0.349. The Morgan fingerprint density at radius 2 is 1.76 bits per heavy atom. The first-order chi connectivity index (χ1) is 10.0. The molecule has 0 aliphatic heterocycles. The second-order valence-electron chi connectivity index (χ2n) is 6.06. The number of nitrogens with two attached hydrogens (primary N) is 1. The van der Waals surface area contributed by atoms with E-state index in [9.17, 15) is 0 Å². The average molecular weight is 320 g/mol. The SMILES string of the molecule is CC1CCC(N)(Cc2c(Cl)cccc2Cl)c2ccccc21. The highest BCUT2D eigenvalue weighted by molar-refractivity contribution is 6.36. The van der Waals surface area contributed by atoms with Crippen molar-refractivity contribution >= 4 is 23.2 Å². The molecule has 0 bridgehead atoms. The quantitative estimate of drug-likeness (QED) is 0.799. The van der Waals surface area contributed by atoms with Crippen molar-refractivity contribution in [2.75, 3.05) is 0 Å². The largest absolute Gasteiger partial charge is 0.321 e. The van der Waals surface area contributed by atoms with Crippen LogP contribution in [0.1, 0.15) is 42.4 Å². The molecule has 0 spiro atoms. The standard InChI is InChI=1S/C18H19Cl2N/c1-12-9-10-18(21,15-6-3-2-5-13(12)15)11-14-16(19)7-4-8-17(14)20/h2-8,12H,9-11,21H2,1H3. The molecule has 0 saturated carbocycles. The van der Waals surface area contributed by atoms with Crippen LogP contribution in [-0.4, -0.2) is 0 Å². The minimum atomic E-state index is -0.391. The molecule has 2 aromatic rings. The van der Waals surface area contributed by atoms with E-state index in [1.807, 2.05) is 18.2 Å². The van der Waals surface area contributed by atoms with Gasteiger partial charge in [0.2, 0.25) is 0 Å². The Bertz CT molecular complexity index is 648. The Labute approximate surface area is 136 Å². The zero-order chi connectivity index (χ0) is 15.0. The highest BCUT2D eigenvalue weighted by atomic mass is 35.5. The molecular formula is C18H19Cl2N. The van der Waals surface area contributed by atoms with E-state index in [1.54, 1.807) is 0 Å². The number of rotatable bonds is 2. The van der Waals surface area contributed by atoms with Crippen LogP contribution in [0.3, 0.4) is 0 Å². The molecule has 2 atom stereocenters. The fraction of sp³-hybridized carbons (Fsp3) is 0.333. The van der Waals surface area contributed by atoms with Crippen molar-refractivity contribution in [1.82, 2.24) is 0 Å². The van der Waals surface area contributed by atoms with Crippen LogP contribution < -0.4 is 5.73 Å². The van der Waals surface area contributed by atoms with Crippen molar-refractivity contribution in [3.05, 3.63) is 69.2 Å². The number of hydrogen-bond acceptors (Lipinski definition) is 1. The number of benzene rings is 2. The van der Waals surface area contributed by atoms with Gasteiger partial charge in [-0.05, 0) is 54.0 Å². The van der Waals surface area contributed by atoms with E-state index in [2.05, 4.69) is 31.2 Å². The Hall–Kier alpha value is -1.02. The van der Waals surface area contributed by atoms with E-state index in [4.69, 9.17) is 28.9 Å². The van der Waals surface area contributed by atoms with Gasteiger partial charge in [0, 0.05) is 15.6 Å². The van der Waals surface area contributed by atoms with Crippen molar-refractivity contribution in [3.8, 4) is 0 Å². The van der Waals surface area contributed by atoms with Crippen LogP contribution in [0.2, 0.25) is 10.0 Å². The second kappa shape index (κ2) is 5.64. The van der Waals surface area contributed by atoms with E-state index in [0.717, 1.165) is 18.4 Å². The van der Waals surface area contributed by atoms with E-state index in [1.165, 1.54) is 11.1 Å². The molecular weight excluding hydrogens is 301 g/mol. The molecule has 1 aliphatic rings. The Kier molecular flexibility index (Phi) is 4.00. The highest BCUT2D eigenvalue weighted by Gasteiger charge is 2.36. The van der Waals surface area contributed by atoms with Gasteiger partial charge in [0.25, 0.3) is 0 Å². The minimum Gasteiger partial charge on any atom is -0.321 e. The summed E-state index contributed by atoms with van der Waals surface area (Å²) in [5.41, 5.74) is 9.94. The van der Waals surface area contributed by atoms with E-state index in [0.29, 0.717) is 22.4 Å². The molecule has 2 unspecified atom stereocenters. The summed E-state index contributed by atoms with van der Waals surface area (Å²) in [4.78, 5) is 0. The van der Waals surface area contributed by atoms with Gasteiger partial charge in [-0.1, -0.05) is 60.5 Å². The van der Waals surface area contributed by atoms with E-state index < -0.39 is 5.54 Å². The summed E-state index contributed by atoms with van der Waals surface area (Å²) >= 11 is 12.7. The Balaban J connectivity index is 2.04. The molecule has 21 heavy (non-hydrogen) atoms. The van der Waals surface area contributed by atoms with Gasteiger partial charge >= 0.3 is 0 Å². The zero-order valence-corrected chi connectivity index (χ0v) is 13.6. The molecule has 110 valence electrons. The summed E-state index contributed by atoms with van der Waals surface area (Å²) < 4.78 is 0. The predicted octanol–water partition coefficient (Wildman–Crippen LogP) is 5.29. The lowest BCUT2D eigenvalue weighted by Crippen LogP contribution is -2.42. The summed E-state index contributed by atoms with van der Waals surface area (Å²) in [7, 11) is 0. The first kappa shape index (κ1) is 14.9. The molecule has 0 radical (unpaired) electrons. The van der Waals surface area contributed by atoms with Gasteiger partial charge in [-0.3, -0.25) is 0 Å². The van der Waals surface area contributed by atoms with Gasteiger partial charge in [-0.15, -0.1) is 0 Å². The van der Waals surface area contributed by atoms with Crippen LogP contribution in [0.15, 0.2) is 42.5 Å². The third-order valence-electron chi connectivity index (χ3n) is 4.61. The fourth-order valence-corrected chi connectivity index (χ4v) is 3.88. The summed E-state index contributed by atoms with van der Waals surface area (Å²) in [6, 6.07) is 14.1. The lowest BCUT2D eigenvalue weighted by atomic mass is 9.70. The summed E-state index contributed by atoms with van der Waals surface area (Å²) in [5.74, 6) is 0.555. The fourth-order valence-electron chi connectivity index (χ4n) is 3.34. The second-order valence-corrected chi connectivity index (χ2v) is 6.87. The third-order valence-corrected chi connectivity index (χ3v) is 5.31. The number of halogens is 2.